The Kier molecular flexibility index (Phi) is 7.94. The third kappa shape index (κ3) is 7.18. The van der Waals surface area contributed by atoms with Gasteiger partial charge in [0.2, 0.25) is 11.0 Å². The average Bonchev–Trinajstić information content (AvgIpc) is 3.29. The van der Waals surface area contributed by atoms with Crippen molar-refractivity contribution in [2.24, 2.45) is 0 Å². The third-order valence-electron chi connectivity index (χ3n) is 5.35. The van der Waals surface area contributed by atoms with Crippen LogP contribution >= 0.6 is 11.3 Å². The number of likely N-dealkylation sites (N-methyl/N-ethyl adjacent to an activating group) is 1. The van der Waals surface area contributed by atoms with Gasteiger partial charge in [-0.1, -0.05) is 11.3 Å². The molecule has 2 amide bonds. The summed E-state index contributed by atoms with van der Waals surface area (Å²) in [4.78, 5) is 33.1. The number of anilines is 2. The standard InChI is InChI=1S/C22H21F4N7O3S/c1-32-6-8-33(9-7-32)12-18(34)28-16-10-13(2-3-17(16)36-22(24,25)26)19(35)29-21-31-30-20(37-21)14-11-27-5-4-15(14)23/h2-5,10-11H,6-9,12H2,1H3,(H,28,34)(H,29,31,35). The van der Waals surface area contributed by atoms with Crippen LogP contribution in [0.25, 0.3) is 10.6 Å². The minimum atomic E-state index is -5.01. The summed E-state index contributed by atoms with van der Waals surface area (Å²) in [6.07, 6.45) is -2.47. The average molecular weight is 540 g/mol. The van der Waals surface area contributed by atoms with Crippen molar-refractivity contribution in [1.29, 1.82) is 0 Å². The maximum atomic E-state index is 14.0. The molecule has 3 aromatic rings. The number of nitrogens with zero attached hydrogens (tertiary/aromatic N) is 5. The van der Waals surface area contributed by atoms with Gasteiger partial charge in [0, 0.05) is 44.1 Å². The number of aromatic nitrogens is 3. The highest BCUT2D eigenvalue weighted by atomic mass is 32.1. The summed E-state index contributed by atoms with van der Waals surface area (Å²) in [5, 5.41) is 12.7. The molecule has 0 bridgehead atoms. The summed E-state index contributed by atoms with van der Waals surface area (Å²) < 4.78 is 56.7. The molecule has 1 saturated heterocycles. The van der Waals surface area contributed by atoms with Crippen LogP contribution in [0.4, 0.5) is 28.4 Å². The van der Waals surface area contributed by atoms with E-state index in [1.807, 2.05) is 11.9 Å². The van der Waals surface area contributed by atoms with Gasteiger partial charge in [0.25, 0.3) is 5.91 Å². The summed E-state index contributed by atoms with van der Waals surface area (Å²) >= 11 is 0.882. The van der Waals surface area contributed by atoms with Crippen molar-refractivity contribution in [3.05, 3.63) is 48.0 Å². The van der Waals surface area contributed by atoms with Crippen LogP contribution in [-0.2, 0) is 4.79 Å². The number of pyridine rings is 1. The number of ether oxygens (including phenoxy) is 1. The number of rotatable bonds is 7. The van der Waals surface area contributed by atoms with E-state index >= 15 is 0 Å². The zero-order chi connectivity index (χ0) is 26.6. The van der Waals surface area contributed by atoms with Crippen LogP contribution in [0.1, 0.15) is 10.4 Å². The largest absolute Gasteiger partial charge is 0.573 e. The van der Waals surface area contributed by atoms with Gasteiger partial charge in [0.15, 0.2) is 10.8 Å². The minimum absolute atomic E-state index is 0.0273. The first-order valence-electron chi connectivity index (χ1n) is 10.9. The summed E-state index contributed by atoms with van der Waals surface area (Å²) in [6, 6.07) is 4.26. The fraction of sp³-hybridized carbons (Fsp3) is 0.318. The molecule has 0 spiro atoms. The fourth-order valence-electron chi connectivity index (χ4n) is 3.47. The Labute approximate surface area is 212 Å². The Morgan fingerprint density at radius 3 is 2.57 bits per heavy atom. The van der Waals surface area contributed by atoms with E-state index in [1.165, 1.54) is 12.4 Å². The zero-order valence-electron chi connectivity index (χ0n) is 19.4. The van der Waals surface area contributed by atoms with Crippen molar-refractivity contribution in [3.8, 4) is 16.3 Å². The van der Waals surface area contributed by atoms with E-state index in [1.54, 1.807) is 0 Å². The highest BCUT2D eigenvalue weighted by Crippen LogP contribution is 2.32. The van der Waals surface area contributed by atoms with Crippen LogP contribution in [0, 0.1) is 5.82 Å². The number of piperazine rings is 1. The number of carbonyl (C=O) groups is 2. The molecule has 0 aliphatic carbocycles. The first kappa shape index (κ1) is 26.4. The van der Waals surface area contributed by atoms with Gasteiger partial charge in [-0.2, -0.15) is 0 Å². The first-order valence-corrected chi connectivity index (χ1v) is 11.7. The van der Waals surface area contributed by atoms with Crippen molar-refractivity contribution in [1.82, 2.24) is 25.0 Å². The molecule has 0 atom stereocenters. The Balaban J connectivity index is 1.49. The molecule has 196 valence electrons. The molecule has 37 heavy (non-hydrogen) atoms. The second-order valence-electron chi connectivity index (χ2n) is 8.11. The van der Waals surface area contributed by atoms with Crippen molar-refractivity contribution in [3.63, 3.8) is 0 Å². The highest BCUT2D eigenvalue weighted by Gasteiger charge is 2.33. The van der Waals surface area contributed by atoms with Crippen LogP contribution in [0.5, 0.6) is 5.75 Å². The molecule has 1 aliphatic heterocycles. The van der Waals surface area contributed by atoms with E-state index in [4.69, 9.17) is 0 Å². The maximum Gasteiger partial charge on any atom is 0.573 e. The quantitative estimate of drug-likeness (QED) is 0.441. The predicted octanol–water partition coefficient (Wildman–Crippen LogP) is 3.08. The van der Waals surface area contributed by atoms with E-state index in [9.17, 15) is 27.2 Å². The number of halogens is 4. The van der Waals surface area contributed by atoms with Crippen molar-refractivity contribution in [2.45, 2.75) is 6.36 Å². The number of amides is 2. The Hall–Kier alpha value is -3.69. The molecule has 0 radical (unpaired) electrons. The molecule has 10 nitrogen and oxygen atoms in total. The Morgan fingerprint density at radius 2 is 1.86 bits per heavy atom. The first-order chi connectivity index (χ1) is 17.6. The second-order valence-corrected chi connectivity index (χ2v) is 9.09. The van der Waals surface area contributed by atoms with Crippen molar-refractivity contribution in [2.75, 3.05) is 50.4 Å². The second kappa shape index (κ2) is 11.1. The van der Waals surface area contributed by atoms with Crippen LogP contribution in [0.2, 0.25) is 0 Å². The number of nitrogens with one attached hydrogen (secondary N) is 2. The number of hydrogen-bond donors (Lipinski definition) is 2. The predicted molar refractivity (Wildman–Crippen MR) is 127 cm³/mol. The lowest BCUT2D eigenvalue weighted by Crippen LogP contribution is -2.47. The van der Waals surface area contributed by atoms with Crippen LogP contribution in [-0.4, -0.2) is 82.9 Å². The lowest BCUT2D eigenvalue weighted by molar-refractivity contribution is -0.274. The molecule has 1 fully saturated rings. The van der Waals surface area contributed by atoms with Gasteiger partial charge in [-0.05, 0) is 31.3 Å². The third-order valence-corrected chi connectivity index (χ3v) is 6.22. The highest BCUT2D eigenvalue weighted by molar-refractivity contribution is 7.18. The van der Waals surface area contributed by atoms with Gasteiger partial charge in [0.05, 0.1) is 17.8 Å². The molecule has 2 N–H and O–H groups in total. The fourth-order valence-corrected chi connectivity index (χ4v) is 4.22. The normalized spacial score (nSPS) is 14.8. The number of carbonyl (C=O) groups excluding carboxylic acids is 2. The monoisotopic (exact) mass is 539 g/mol. The molecule has 3 heterocycles. The lowest BCUT2D eigenvalue weighted by atomic mass is 10.1. The SMILES string of the molecule is CN1CCN(CC(=O)Nc2cc(C(=O)Nc3nnc(-c4cnccc4F)s3)ccc2OC(F)(F)F)CC1. The molecule has 0 saturated carbocycles. The molecule has 15 heteroatoms. The van der Waals surface area contributed by atoms with Gasteiger partial charge < -0.3 is 15.0 Å². The van der Waals surface area contributed by atoms with Crippen LogP contribution in [0.15, 0.2) is 36.7 Å². The molecule has 4 rings (SSSR count). The van der Waals surface area contributed by atoms with Gasteiger partial charge in [-0.25, -0.2) is 4.39 Å². The van der Waals surface area contributed by atoms with Gasteiger partial charge in [-0.15, -0.1) is 23.4 Å². The molecule has 1 aliphatic rings. The number of alkyl halides is 3. The van der Waals surface area contributed by atoms with E-state index in [-0.39, 0.29) is 33.5 Å². The Bertz CT molecular complexity index is 1280. The summed E-state index contributed by atoms with van der Waals surface area (Å²) in [5.74, 6) is -2.52. The van der Waals surface area contributed by atoms with Crippen molar-refractivity contribution >= 4 is 34.0 Å². The summed E-state index contributed by atoms with van der Waals surface area (Å²) in [7, 11) is 1.95. The topological polar surface area (TPSA) is 113 Å². The molecule has 1 aromatic carbocycles. The Morgan fingerprint density at radius 1 is 1.11 bits per heavy atom. The van der Waals surface area contributed by atoms with Gasteiger partial charge >= 0.3 is 6.36 Å². The zero-order valence-corrected chi connectivity index (χ0v) is 20.2. The van der Waals surface area contributed by atoms with Crippen molar-refractivity contribution < 1.29 is 31.9 Å². The minimum Gasteiger partial charge on any atom is -0.404 e. The molecule has 2 aromatic heterocycles. The lowest BCUT2D eigenvalue weighted by Gasteiger charge is -2.31. The van der Waals surface area contributed by atoms with E-state index < -0.39 is 29.7 Å². The van der Waals surface area contributed by atoms with Gasteiger partial charge in [0.1, 0.15) is 5.82 Å². The maximum absolute atomic E-state index is 14.0. The molecular formula is C22H21F4N7O3S. The van der Waals surface area contributed by atoms with Gasteiger partial charge in [-0.3, -0.25) is 24.8 Å². The van der Waals surface area contributed by atoms with E-state index in [0.717, 1.165) is 48.7 Å². The molecular weight excluding hydrogens is 518 g/mol. The van der Waals surface area contributed by atoms with E-state index in [2.05, 4.69) is 35.5 Å². The van der Waals surface area contributed by atoms with Crippen LogP contribution in [0.3, 0.4) is 0 Å². The van der Waals surface area contributed by atoms with E-state index in [0.29, 0.717) is 13.1 Å². The molecule has 0 unspecified atom stereocenters. The van der Waals surface area contributed by atoms with Crippen LogP contribution < -0.4 is 15.4 Å². The number of benzene rings is 1. The number of hydrogen-bond acceptors (Lipinski definition) is 9. The smallest absolute Gasteiger partial charge is 0.404 e. The summed E-state index contributed by atoms with van der Waals surface area (Å²) in [6.45, 7) is 2.74. The summed E-state index contributed by atoms with van der Waals surface area (Å²) in [5.41, 5.74) is -0.298.